The van der Waals surface area contributed by atoms with E-state index in [1.54, 1.807) is 4.90 Å². The van der Waals surface area contributed by atoms with Gasteiger partial charge >= 0.3 is 0 Å². The van der Waals surface area contributed by atoms with Crippen LogP contribution in [0.2, 0.25) is 0 Å². The summed E-state index contributed by atoms with van der Waals surface area (Å²) in [7, 11) is 0. The lowest BCUT2D eigenvalue weighted by molar-refractivity contribution is -0.132. The molecule has 4 nitrogen and oxygen atoms in total. The molecule has 0 aliphatic heterocycles. The Morgan fingerprint density at radius 3 is 2.67 bits per heavy atom. The zero-order valence-electron chi connectivity index (χ0n) is 11.0. The van der Waals surface area contributed by atoms with E-state index in [1.165, 1.54) is 11.3 Å². The number of aromatic nitrogens is 1. The molecule has 1 heterocycles. The number of amides is 1. The van der Waals surface area contributed by atoms with Crippen LogP contribution in [-0.4, -0.2) is 40.1 Å². The van der Waals surface area contributed by atoms with E-state index in [9.17, 15) is 4.79 Å². The third-order valence-corrected chi connectivity index (χ3v) is 4.07. The largest absolute Gasteiger partial charge is 0.396 e. The Hall–Kier alpha value is -0.720. The second-order valence-electron chi connectivity index (χ2n) is 4.50. The highest BCUT2D eigenvalue weighted by molar-refractivity contribution is 7.73. The summed E-state index contributed by atoms with van der Waals surface area (Å²) in [4.78, 5) is 18.1. The van der Waals surface area contributed by atoms with E-state index in [1.807, 2.05) is 20.8 Å². The Morgan fingerprint density at radius 1 is 1.56 bits per heavy atom. The van der Waals surface area contributed by atoms with E-state index in [0.29, 0.717) is 23.3 Å². The summed E-state index contributed by atoms with van der Waals surface area (Å²) >= 11 is 6.52. The molecule has 0 saturated heterocycles. The highest BCUT2D eigenvalue weighted by Gasteiger charge is 2.18. The second-order valence-corrected chi connectivity index (χ2v) is 6.27. The lowest BCUT2D eigenvalue weighted by atomic mass is 10.2. The molecule has 18 heavy (non-hydrogen) atoms. The van der Waals surface area contributed by atoms with E-state index in [-0.39, 0.29) is 18.6 Å². The van der Waals surface area contributed by atoms with E-state index >= 15 is 0 Å². The number of aliphatic hydroxyl groups excluding tert-OH is 1. The molecule has 102 valence electrons. The molecular weight excluding hydrogens is 268 g/mol. The predicted octanol–water partition coefficient (Wildman–Crippen LogP) is 2.28. The summed E-state index contributed by atoms with van der Waals surface area (Å²) in [6.07, 6.45) is 0.999. The minimum atomic E-state index is 0.0896. The Morgan fingerprint density at radius 2 is 2.22 bits per heavy atom. The summed E-state index contributed by atoms with van der Waals surface area (Å²) in [5, 5.41) is 8.86. The average molecular weight is 288 g/mol. The van der Waals surface area contributed by atoms with Crippen LogP contribution in [0.15, 0.2) is 0 Å². The monoisotopic (exact) mass is 288 g/mol. The zero-order chi connectivity index (χ0) is 13.7. The molecule has 0 spiro atoms. The molecule has 0 saturated carbocycles. The Kier molecular flexibility index (Phi) is 5.98. The first-order valence-electron chi connectivity index (χ1n) is 6.04. The number of thiazole rings is 1. The van der Waals surface area contributed by atoms with Crippen molar-refractivity contribution in [1.29, 1.82) is 0 Å². The van der Waals surface area contributed by atoms with Gasteiger partial charge < -0.3 is 15.0 Å². The molecule has 0 atom stereocenters. The van der Waals surface area contributed by atoms with Crippen molar-refractivity contribution in [3.8, 4) is 0 Å². The molecule has 1 amide bonds. The van der Waals surface area contributed by atoms with Crippen LogP contribution in [0.25, 0.3) is 0 Å². The lowest BCUT2D eigenvalue weighted by Crippen LogP contribution is -2.39. The van der Waals surface area contributed by atoms with Gasteiger partial charge in [0.2, 0.25) is 5.91 Å². The number of carbonyl (C=O) groups excluding carboxylic acids is 1. The Bertz CT molecular complexity index is 451. The number of aliphatic hydroxyl groups is 1. The molecule has 1 aromatic rings. The van der Waals surface area contributed by atoms with E-state index < -0.39 is 0 Å². The van der Waals surface area contributed by atoms with Gasteiger partial charge in [0.1, 0.15) is 0 Å². The maximum atomic E-state index is 12.2. The highest BCUT2D eigenvalue weighted by Crippen LogP contribution is 2.17. The highest BCUT2D eigenvalue weighted by atomic mass is 32.1. The number of H-pyrrole nitrogens is 1. The SMILES string of the molecule is Cc1[nH]c(=S)sc1CC(=O)N(CCCO)C(C)C. The van der Waals surface area contributed by atoms with Crippen LogP contribution >= 0.6 is 23.6 Å². The van der Waals surface area contributed by atoms with Crippen LogP contribution in [0, 0.1) is 10.9 Å². The molecule has 1 aromatic heterocycles. The number of rotatable bonds is 6. The van der Waals surface area contributed by atoms with Gasteiger partial charge in [0.25, 0.3) is 0 Å². The predicted molar refractivity (Wildman–Crippen MR) is 76.5 cm³/mol. The van der Waals surface area contributed by atoms with Crippen LogP contribution in [0.5, 0.6) is 0 Å². The molecule has 0 aliphatic carbocycles. The van der Waals surface area contributed by atoms with Crippen molar-refractivity contribution in [3.05, 3.63) is 14.5 Å². The van der Waals surface area contributed by atoms with E-state index in [4.69, 9.17) is 17.3 Å². The first-order chi connectivity index (χ1) is 8.45. The fourth-order valence-electron chi connectivity index (χ4n) is 1.76. The summed E-state index contributed by atoms with van der Waals surface area (Å²) in [6.45, 7) is 6.62. The number of nitrogens with one attached hydrogen (secondary N) is 1. The molecule has 0 aliphatic rings. The molecule has 0 bridgehead atoms. The maximum absolute atomic E-state index is 12.2. The first kappa shape index (κ1) is 15.3. The van der Waals surface area contributed by atoms with Gasteiger partial charge in [-0.2, -0.15) is 0 Å². The van der Waals surface area contributed by atoms with Gasteiger partial charge in [0.15, 0.2) is 3.95 Å². The Labute approximate surface area is 117 Å². The number of hydrogen-bond acceptors (Lipinski definition) is 4. The molecular formula is C12H20N2O2S2. The van der Waals surface area contributed by atoms with Crippen molar-refractivity contribution >= 4 is 29.5 Å². The van der Waals surface area contributed by atoms with Gasteiger partial charge in [-0.1, -0.05) is 0 Å². The van der Waals surface area contributed by atoms with Gasteiger partial charge in [-0.05, 0) is 39.4 Å². The molecule has 1 rings (SSSR count). The van der Waals surface area contributed by atoms with Gasteiger partial charge in [-0.25, -0.2) is 0 Å². The molecule has 0 fully saturated rings. The van der Waals surface area contributed by atoms with Gasteiger partial charge in [0.05, 0.1) is 6.42 Å². The number of hydrogen-bond donors (Lipinski definition) is 2. The van der Waals surface area contributed by atoms with Gasteiger partial charge in [0, 0.05) is 29.8 Å². The maximum Gasteiger partial charge on any atom is 0.228 e. The first-order valence-corrected chi connectivity index (χ1v) is 7.27. The smallest absolute Gasteiger partial charge is 0.228 e. The van der Waals surface area contributed by atoms with Crippen molar-refractivity contribution in [2.24, 2.45) is 0 Å². The summed E-state index contributed by atoms with van der Waals surface area (Å²) < 4.78 is 0.710. The lowest BCUT2D eigenvalue weighted by Gasteiger charge is -2.26. The third-order valence-electron chi connectivity index (χ3n) is 2.74. The van der Waals surface area contributed by atoms with Gasteiger partial charge in [-0.3, -0.25) is 4.79 Å². The van der Waals surface area contributed by atoms with Crippen LogP contribution in [-0.2, 0) is 11.2 Å². The molecule has 6 heteroatoms. The van der Waals surface area contributed by atoms with Crippen molar-refractivity contribution in [3.63, 3.8) is 0 Å². The molecule has 0 unspecified atom stereocenters. The quantitative estimate of drug-likeness (QED) is 0.790. The summed E-state index contributed by atoms with van der Waals surface area (Å²) in [6, 6.07) is 0.149. The van der Waals surface area contributed by atoms with Crippen molar-refractivity contribution in [1.82, 2.24) is 9.88 Å². The van der Waals surface area contributed by atoms with Crippen molar-refractivity contribution < 1.29 is 9.90 Å². The van der Waals surface area contributed by atoms with E-state index in [0.717, 1.165) is 10.6 Å². The zero-order valence-corrected chi connectivity index (χ0v) is 12.7. The van der Waals surface area contributed by atoms with E-state index in [2.05, 4.69) is 4.98 Å². The van der Waals surface area contributed by atoms with Crippen LogP contribution in [0.3, 0.4) is 0 Å². The molecule has 0 aromatic carbocycles. The standard InChI is InChI=1S/C12H20N2O2S2/c1-8(2)14(5-4-6-15)11(16)7-10-9(3)13-12(17)18-10/h8,15H,4-7H2,1-3H3,(H,13,17). The normalized spacial score (nSPS) is 10.9. The average Bonchev–Trinajstić information content (AvgIpc) is 2.57. The molecule has 2 N–H and O–H groups in total. The number of aryl methyl sites for hydroxylation is 1. The van der Waals surface area contributed by atoms with Crippen LogP contribution in [0.4, 0.5) is 0 Å². The number of aromatic amines is 1. The number of nitrogens with zero attached hydrogens (tertiary/aromatic N) is 1. The fourth-order valence-corrected chi connectivity index (χ4v) is 3.04. The summed E-state index contributed by atoms with van der Waals surface area (Å²) in [5.74, 6) is 0.0896. The fraction of sp³-hybridized carbons (Fsp3) is 0.667. The minimum absolute atomic E-state index is 0.0896. The van der Waals surface area contributed by atoms with Crippen molar-refractivity contribution in [2.75, 3.05) is 13.2 Å². The van der Waals surface area contributed by atoms with Crippen LogP contribution in [0.1, 0.15) is 30.8 Å². The molecule has 0 radical (unpaired) electrons. The third kappa shape index (κ3) is 4.19. The second kappa shape index (κ2) is 7.01. The minimum Gasteiger partial charge on any atom is -0.396 e. The Balaban J connectivity index is 2.72. The summed E-state index contributed by atoms with van der Waals surface area (Å²) in [5.41, 5.74) is 0.976. The topological polar surface area (TPSA) is 56.3 Å². The van der Waals surface area contributed by atoms with Gasteiger partial charge in [-0.15, -0.1) is 11.3 Å². The van der Waals surface area contributed by atoms with Crippen LogP contribution < -0.4 is 0 Å². The van der Waals surface area contributed by atoms with Crippen molar-refractivity contribution in [2.45, 2.75) is 39.7 Å². The number of carbonyl (C=O) groups is 1.